The molecule has 190 valence electrons. The Kier molecular flexibility index (Phi) is 10.1. The SMILES string of the molecule is CCCCC(C)N1CCN(C(=O)CN2CCN(c3ccc(C(=O)NCC(C)C)cn3)CC2)CC1. The van der Waals surface area contributed by atoms with Gasteiger partial charge in [-0.1, -0.05) is 33.6 Å². The maximum absolute atomic E-state index is 12.9. The highest BCUT2D eigenvalue weighted by Gasteiger charge is 2.26. The number of nitrogens with zero attached hydrogens (tertiary/aromatic N) is 5. The molecule has 34 heavy (non-hydrogen) atoms. The molecule has 2 saturated heterocycles. The second-order valence-corrected chi connectivity index (χ2v) is 10.2. The summed E-state index contributed by atoms with van der Waals surface area (Å²) in [6.07, 6.45) is 5.42. The minimum Gasteiger partial charge on any atom is -0.354 e. The van der Waals surface area contributed by atoms with E-state index in [1.165, 1.54) is 19.3 Å². The van der Waals surface area contributed by atoms with Gasteiger partial charge in [0.2, 0.25) is 5.91 Å². The van der Waals surface area contributed by atoms with Gasteiger partial charge in [0.1, 0.15) is 5.82 Å². The van der Waals surface area contributed by atoms with Crippen LogP contribution in [0.3, 0.4) is 0 Å². The highest BCUT2D eigenvalue weighted by molar-refractivity contribution is 5.94. The number of hydrogen-bond acceptors (Lipinski definition) is 6. The number of amides is 2. The van der Waals surface area contributed by atoms with E-state index in [1.807, 2.05) is 17.0 Å². The monoisotopic (exact) mass is 472 g/mol. The quantitative estimate of drug-likeness (QED) is 0.564. The second kappa shape index (κ2) is 13.0. The van der Waals surface area contributed by atoms with E-state index in [-0.39, 0.29) is 11.8 Å². The summed E-state index contributed by atoms with van der Waals surface area (Å²) in [7, 11) is 0. The van der Waals surface area contributed by atoms with Crippen LogP contribution < -0.4 is 10.2 Å². The van der Waals surface area contributed by atoms with Gasteiger partial charge in [0, 0.05) is 71.1 Å². The maximum atomic E-state index is 12.9. The highest BCUT2D eigenvalue weighted by atomic mass is 16.2. The van der Waals surface area contributed by atoms with Crippen molar-refractivity contribution in [1.82, 2.24) is 25.0 Å². The minimum absolute atomic E-state index is 0.0765. The zero-order valence-electron chi connectivity index (χ0n) is 21.6. The molecule has 8 heteroatoms. The second-order valence-electron chi connectivity index (χ2n) is 10.2. The van der Waals surface area contributed by atoms with Crippen LogP contribution in [0.4, 0.5) is 5.82 Å². The normalized spacial score (nSPS) is 18.9. The number of unbranched alkanes of at least 4 members (excludes halogenated alkanes) is 1. The average molecular weight is 473 g/mol. The largest absolute Gasteiger partial charge is 0.354 e. The zero-order valence-corrected chi connectivity index (χ0v) is 21.6. The molecular formula is C26H44N6O2. The first-order chi connectivity index (χ1) is 16.4. The Morgan fingerprint density at radius 3 is 2.29 bits per heavy atom. The molecule has 0 aromatic carbocycles. The van der Waals surface area contributed by atoms with Gasteiger partial charge in [0.15, 0.2) is 0 Å². The summed E-state index contributed by atoms with van der Waals surface area (Å²) < 4.78 is 0. The lowest BCUT2D eigenvalue weighted by Crippen LogP contribution is -2.55. The molecule has 3 heterocycles. The predicted molar refractivity (Wildman–Crippen MR) is 137 cm³/mol. The molecule has 0 bridgehead atoms. The molecule has 0 saturated carbocycles. The molecule has 2 amide bonds. The van der Waals surface area contributed by atoms with Crippen molar-refractivity contribution < 1.29 is 9.59 Å². The van der Waals surface area contributed by atoms with Gasteiger partial charge in [-0.25, -0.2) is 4.98 Å². The van der Waals surface area contributed by atoms with E-state index in [9.17, 15) is 9.59 Å². The number of pyridine rings is 1. The molecule has 1 atom stereocenters. The van der Waals surface area contributed by atoms with Gasteiger partial charge >= 0.3 is 0 Å². The summed E-state index contributed by atoms with van der Waals surface area (Å²) in [5.41, 5.74) is 0.591. The van der Waals surface area contributed by atoms with Gasteiger partial charge < -0.3 is 15.1 Å². The molecule has 1 N–H and O–H groups in total. The van der Waals surface area contributed by atoms with Gasteiger partial charge in [0.05, 0.1) is 12.1 Å². The Morgan fingerprint density at radius 1 is 1.00 bits per heavy atom. The first-order valence-corrected chi connectivity index (χ1v) is 13.1. The Bertz CT molecular complexity index is 768. The minimum atomic E-state index is -0.0765. The molecule has 1 unspecified atom stereocenters. The topological polar surface area (TPSA) is 72.0 Å². The Balaban J connectivity index is 1.39. The van der Waals surface area contributed by atoms with Gasteiger partial charge in [0.25, 0.3) is 5.91 Å². The van der Waals surface area contributed by atoms with Gasteiger partial charge in [-0.05, 0) is 31.4 Å². The van der Waals surface area contributed by atoms with Crippen LogP contribution in [0.2, 0.25) is 0 Å². The van der Waals surface area contributed by atoms with Crippen LogP contribution in [0.15, 0.2) is 18.3 Å². The van der Waals surface area contributed by atoms with Crippen molar-refractivity contribution in [2.75, 3.05) is 70.3 Å². The van der Waals surface area contributed by atoms with Crippen LogP contribution in [0.5, 0.6) is 0 Å². The van der Waals surface area contributed by atoms with Crippen molar-refractivity contribution in [3.05, 3.63) is 23.9 Å². The van der Waals surface area contributed by atoms with Gasteiger partial charge in [-0.2, -0.15) is 0 Å². The molecular weight excluding hydrogens is 428 g/mol. The number of piperazine rings is 2. The van der Waals surface area contributed by atoms with Crippen LogP contribution in [0, 0.1) is 5.92 Å². The fourth-order valence-corrected chi connectivity index (χ4v) is 4.63. The summed E-state index contributed by atoms with van der Waals surface area (Å²) in [5.74, 6) is 1.49. The van der Waals surface area contributed by atoms with Crippen LogP contribution in [0.1, 0.15) is 57.3 Å². The Labute approximate surface area is 205 Å². The molecule has 8 nitrogen and oxygen atoms in total. The van der Waals surface area contributed by atoms with Crippen LogP contribution >= 0.6 is 0 Å². The average Bonchev–Trinajstić information content (AvgIpc) is 2.86. The van der Waals surface area contributed by atoms with Crippen molar-refractivity contribution in [1.29, 1.82) is 0 Å². The first kappa shape index (κ1) is 26.4. The number of rotatable bonds is 10. The zero-order chi connectivity index (χ0) is 24.5. The fourth-order valence-electron chi connectivity index (χ4n) is 4.63. The standard InChI is InChI=1S/C26H44N6O2/c1-5-6-7-22(4)30-14-16-32(17-15-30)25(33)20-29-10-12-31(13-11-29)24-9-8-23(19-27-24)26(34)28-18-21(2)3/h8-9,19,21-22H,5-7,10-18,20H2,1-4H3,(H,28,34). The number of aromatic nitrogens is 1. The molecule has 2 aliphatic rings. The summed E-state index contributed by atoms with van der Waals surface area (Å²) >= 11 is 0. The van der Waals surface area contributed by atoms with Crippen LogP contribution in [-0.4, -0.2) is 103 Å². The molecule has 1 aromatic rings. The van der Waals surface area contributed by atoms with E-state index in [4.69, 9.17) is 0 Å². The van der Waals surface area contributed by atoms with E-state index < -0.39 is 0 Å². The number of hydrogen-bond donors (Lipinski definition) is 1. The third-order valence-electron chi connectivity index (χ3n) is 7.00. The molecule has 1 aromatic heterocycles. The first-order valence-electron chi connectivity index (χ1n) is 13.1. The smallest absolute Gasteiger partial charge is 0.252 e. The molecule has 2 fully saturated rings. The lowest BCUT2D eigenvalue weighted by molar-refractivity contribution is -0.134. The van der Waals surface area contributed by atoms with Gasteiger partial charge in [-0.15, -0.1) is 0 Å². The Morgan fingerprint density at radius 2 is 1.71 bits per heavy atom. The lowest BCUT2D eigenvalue weighted by Gasteiger charge is -2.40. The molecule has 3 rings (SSSR count). The maximum Gasteiger partial charge on any atom is 0.252 e. The van der Waals surface area contributed by atoms with Crippen molar-refractivity contribution >= 4 is 17.6 Å². The Hall–Kier alpha value is -2.19. The highest BCUT2D eigenvalue weighted by Crippen LogP contribution is 2.15. The summed E-state index contributed by atoms with van der Waals surface area (Å²) in [4.78, 5) is 38.6. The summed E-state index contributed by atoms with van der Waals surface area (Å²) in [5, 5.41) is 2.93. The third kappa shape index (κ3) is 7.67. The van der Waals surface area contributed by atoms with E-state index >= 15 is 0 Å². The van der Waals surface area contributed by atoms with Gasteiger partial charge in [-0.3, -0.25) is 19.4 Å². The number of nitrogens with one attached hydrogen (secondary N) is 1. The number of carbonyl (C=O) groups is 2. The van der Waals surface area contributed by atoms with Crippen molar-refractivity contribution in [2.24, 2.45) is 5.92 Å². The lowest BCUT2D eigenvalue weighted by atomic mass is 10.1. The van der Waals surface area contributed by atoms with Crippen molar-refractivity contribution in [3.8, 4) is 0 Å². The summed E-state index contributed by atoms with van der Waals surface area (Å²) in [6, 6.07) is 4.38. The number of anilines is 1. The third-order valence-corrected chi connectivity index (χ3v) is 7.00. The fraction of sp³-hybridized carbons (Fsp3) is 0.731. The van der Waals surface area contributed by atoms with E-state index in [0.717, 1.165) is 58.2 Å². The van der Waals surface area contributed by atoms with E-state index in [0.29, 0.717) is 30.6 Å². The van der Waals surface area contributed by atoms with Crippen molar-refractivity contribution in [2.45, 2.75) is 53.0 Å². The molecule has 0 spiro atoms. The summed E-state index contributed by atoms with van der Waals surface area (Å²) in [6.45, 7) is 16.9. The van der Waals surface area contributed by atoms with E-state index in [2.05, 4.69) is 52.7 Å². The van der Waals surface area contributed by atoms with Crippen LogP contribution in [-0.2, 0) is 4.79 Å². The molecule has 0 aliphatic carbocycles. The number of carbonyl (C=O) groups excluding carboxylic acids is 2. The van der Waals surface area contributed by atoms with Crippen LogP contribution in [0.25, 0.3) is 0 Å². The molecule has 2 aliphatic heterocycles. The van der Waals surface area contributed by atoms with E-state index in [1.54, 1.807) is 6.20 Å². The molecule has 0 radical (unpaired) electrons. The predicted octanol–water partition coefficient (Wildman–Crippen LogP) is 2.31. The van der Waals surface area contributed by atoms with Crippen molar-refractivity contribution in [3.63, 3.8) is 0 Å².